The van der Waals surface area contributed by atoms with Crippen LogP contribution < -0.4 is 5.32 Å². The van der Waals surface area contributed by atoms with Gasteiger partial charge in [-0.3, -0.25) is 0 Å². The highest BCUT2D eigenvalue weighted by molar-refractivity contribution is 5.81. The lowest BCUT2D eigenvalue weighted by atomic mass is 9.78. The Morgan fingerprint density at radius 1 is 1.15 bits per heavy atom. The van der Waals surface area contributed by atoms with E-state index in [2.05, 4.69) is 12.2 Å². The van der Waals surface area contributed by atoms with Crippen LogP contribution in [0.4, 0.5) is 18.0 Å². The Morgan fingerprint density at radius 3 is 2.35 bits per heavy atom. The molecule has 1 N–H and O–H groups in total. The van der Waals surface area contributed by atoms with Gasteiger partial charge in [0.15, 0.2) is 0 Å². The summed E-state index contributed by atoms with van der Waals surface area (Å²) in [4.78, 5) is 25.1. The molecule has 1 heterocycles. The van der Waals surface area contributed by atoms with Crippen LogP contribution in [0.25, 0.3) is 0 Å². The summed E-state index contributed by atoms with van der Waals surface area (Å²) < 4.78 is 49.9. The summed E-state index contributed by atoms with van der Waals surface area (Å²) in [6.45, 7) is 9.21. The average molecular weight is 486 g/mol. The molecule has 0 aliphatic carbocycles. The summed E-state index contributed by atoms with van der Waals surface area (Å²) in [6.07, 6.45) is -0.0981. The van der Waals surface area contributed by atoms with Gasteiger partial charge < -0.3 is 14.8 Å². The number of rotatable bonds is 6. The number of unbranched alkanes of at least 4 members (excludes halogenated alkanes) is 1. The maximum absolute atomic E-state index is 12.9. The third-order valence-electron chi connectivity index (χ3n) is 6.22. The molecule has 0 bridgehead atoms. The molecule has 0 spiro atoms. The Kier molecular flexibility index (Phi) is 9.83. The van der Waals surface area contributed by atoms with Crippen LogP contribution >= 0.6 is 0 Å². The van der Waals surface area contributed by atoms with Crippen molar-refractivity contribution in [2.45, 2.75) is 103 Å². The van der Waals surface area contributed by atoms with E-state index in [4.69, 9.17) is 9.47 Å². The van der Waals surface area contributed by atoms with Crippen LogP contribution in [0.15, 0.2) is 24.3 Å². The zero-order valence-electron chi connectivity index (χ0n) is 20.8. The van der Waals surface area contributed by atoms with Gasteiger partial charge in [-0.2, -0.15) is 13.2 Å². The van der Waals surface area contributed by atoms with Crippen LogP contribution in [-0.4, -0.2) is 29.8 Å². The quantitative estimate of drug-likeness (QED) is 0.457. The second kappa shape index (κ2) is 11.9. The normalized spacial score (nSPS) is 24.4. The predicted molar refractivity (Wildman–Crippen MR) is 124 cm³/mol. The molecular formula is C26H38F3NO4. The summed E-state index contributed by atoms with van der Waals surface area (Å²) in [7, 11) is 0. The number of carbonyl (C=O) groups is 2. The van der Waals surface area contributed by atoms with Gasteiger partial charge in [0, 0.05) is 0 Å². The number of hydrogen-bond acceptors (Lipinski definition) is 4. The number of esters is 1. The van der Waals surface area contributed by atoms with E-state index in [9.17, 15) is 22.8 Å². The monoisotopic (exact) mass is 485 g/mol. The molecular weight excluding hydrogens is 447 g/mol. The Morgan fingerprint density at radius 2 is 1.79 bits per heavy atom. The van der Waals surface area contributed by atoms with Crippen molar-refractivity contribution in [3.8, 4) is 0 Å². The maximum atomic E-state index is 12.9. The minimum Gasteiger partial charge on any atom is -0.461 e. The fraction of sp³-hybridized carbons (Fsp3) is 0.692. The Labute approximate surface area is 200 Å². The predicted octanol–water partition coefficient (Wildman–Crippen LogP) is 6.68. The molecule has 192 valence electrons. The van der Waals surface area contributed by atoms with E-state index >= 15 is 0 Å². The van der Waals surface area contributed by atoms with E-state index in [1.165, 1.54) is 12.1 Å². The lowest BCUT2D eigenvalue weighted by Gasteiger charge is -2.31. The van der Waals surface area contributed by atoms with Crippen molar-refractivity contribution >= 4 is 12.1 Å². The van der Waals surface area contributed by atoms with Crippen molar-refractivity contribution in [3.63, 3.8) is 0 Å². The second-order valence-corrected chi connectivity index (χ2v) is 10.2. The highest BCUT2D eigenvalue weighted by Crippen LogP contribution is 2.34. The third kappa shape index (κ3) is 8.84. The van der Waals surface area contributed by atoms with Crippen molar-refractivity contribution in [2.75, 3.05) is 0 Å². The largest absolute Gasteiger partial charge is 0.461 e. The van der Waals surface area contributed by atoms with Crippen molar-refractivity contribution in [2.24, 2.45) is 11.8 Å². The Balaban J connectivity index is 2.18. The van der Waals surface area contributed by atoms with Crippen LogP contribution in [0.2, 0.25) is 0 Å². The van der Waals surface area contributed by atoms with Gasteiger partial charge in [0.2, 0.25) is 0 Å². The first-order chi connectivity index (χ1) is 15.8. The van der Waals surface area contributed by atoms with Gasteiger partial charge in [-0.05, 0) is 82.9 Å². The molecule has 1 aliphatic heterocycles. The molecule has 5 nitrogen and oxygen atoms in total. The molecule has 1 saturated heterocycles. The molecule has 1 aromatic rings. The molecule has 1 fully saturated rings. The van der Waals surface area contributed by atoms with E-state index in [0.717, 1.165) is 43.4 Å². The van der Waals surface area contributed by atoms with Crippen molar-refractivity contribution in [3.05, 3.63) is 35.4 Å². The minimum atomic E-state index is -4.36. The van der Waals surface area contributed by atoms with E-state index in [1.54, 1.807) is 20.8 Å². The molecule has 1 aromatic carbocycles. The standard InChI is InChI=1S/C26H38F3NO4/c1-6-7-10-21-17(2)33-23(31)22(30-24(32)34-25(3,4)5)11-8-9-19(21)16-18-12-14-20(15-13-18)26(27,28)29/h12-15,17,19,21-22H,6-11,16H2,1-5H3,(H,30,32)/t17-,19+,21-,22-/m0/s1. The number of amides is 1. The first-order valence-electron chi connectivity index (χ1n) is 12.2. The molecule has 4 atom stereocenters. The first-order valence-corrected chi connectivity index (χ1v) is 12.2. The fourth-order valence-electron chi connectivity index (χ4n) is 4.53. The molecule has 0 saturated carbocycles. The zero-order chi connectivity index (χ0) is 25.5. The molecule has 34 heavy (non-hydrogen) atoms. The van der Waals surface area contributed by atoms with Crippen LogP contribution in [-0.2, 0) is 26.9 Å². The topological polar surface area (TPSA) is 64.6 Å². The second-order valence-electron chi connectivity index (χ2n) is 10.2. The van der Waals surface area contributed by atoms with Crippen LogP contribution in [0.3, 0.4) is 0 Å². The molecule has 0 radical (unpaired) electrons. The van der Waals surface area contributed by atoms with Crippen LogP contribution in [0, 0.1) is 11.8 Å². The SMILES string of the molecule is CCCC[C@@H]1[C@@H](Cc2ccc(C(F)(F)F)cc2)CCC[C@H](NC(=O)OC(C)(C)C)C(=O)O[C@H]1C. The van der Waals surface area contributed by atoms with Gasteiger partial charge in [-0.1, -0.05) is 38.3 Å². The molecule has 2 rings (SSSR count). The number of hydrogen-bond donors (Lipinski definition) is 1. The summed E-state index contributed by atoms with van der Waals surface area (Å²) in [5.74, 6) is -0.257. The number of benzene rings is 1. The smallest absolute Gasteiger partial charge is 0.416 e. The van der Waals surface area contributed by atoms with Gasteiger partial charge in [-0.15, -0.1) is 0 Å². The summed E-state index contributed by atoms with van der Waals surface area (Å²) in [5.41, 5.74) is -0.509. The van der Waals surface area contributed by atoms with Gasteiger partial charge in [0.1, 0.15) is 17.7 Å². The fourth-order valence-corrected chi connectivity index (χ4v) is 4.53. The number of alkyl halides is 3. The Hall–Kier alpha value is -2.25. The average Bonchev–Trinajstić information content (AvgIpc) is 2.75. The summed E-state index contributed by atoms with van der Waals surface area (Å²) in [6, 6.07) is 4.52. The van der Waals surface area contributed by atoms with Crippen LogP contribution in [0.1, 0.15) is 84.3 Å². The summed E-state index contributed by atoms with van der Waals surface area (Å²) >= 11 is 0. The number of carbonyl (C=O) groups excluding carboxylic acids is 2. The van der Waals surface area contributed by atoms with Crippen molar-refractivity contribution < 1.29 is 32.2 Å². The molecule has 1 aliphatic rings. The van der Waals surface area contributed by atoms with Crippen molar-refractivity contribution in [1.82, 2.24) is 5.32 Å². The van der Waals surface area contributed by atoms with Gasteiger partial charge in [0.25, 0.3) is 0 Å². The number of nitrogens with one attached hydrogen (secondary N) is 1. The molecule has 8 heteroatoms. The number of halogens is 3. The minimum absolute atomic E-state index is 0.0754. The van der Waals surface area contributed by atoms with E-state index in [0.29, 0.717) is 19.3 Å². The number of ether oxygens (including phenoxy) is 2. The number of alkyl carbamates (subject to hydrolysis) is 1. The zero-order valence-corrected chi connectivity index (χ0v) is 20.8. The van der Waals surface area contributed by atoms with Gasteiger partial charge in [-0.25, -0.2) is 9.59 Å². The van der Waals surface area contributed by atoms with E-state index < -0.39 is 35.4 Å². The lowest BCUT2D eigenvalue weighted by Crippen LogP contribution is -2.45. The van der Waals surface area contributed by atoms with E-state index in [1.807, 2.05) is 6.92 Å². The Bertz CT molecular complexity index is 802. The first kappa shape index (κ1) is 28.0. The third-order valence-corrected chi connectivity index (χ3v) is 6.22. The maximum Gasteiger partial charge on any atom is 0.416 e. The van der Waals surface area contributed by atoms with E-state index in [-0.39, 0.29) is 17.9 Å². The van der Waals surface area contributed by atoms with Gasteiger partial charge in [0.05, 0.1) is 5.56 Å². The summed E-state index contributed by atoms with van der Waals surface area (Å²) in [5, 5.41) is 2.64. The molecule has 1 amide bonds. The van der Waals surface area contributed by atoms with Crippen molar-refractivity contribution in [1.29, 1.82) is 0 Å². The number of cyclic esters (lactones) is 1. The highest BCUT2D eigenvalue weighted by atomic mass is 19.4. The molecule has 0 aromatic heterocycles. The van der Waals surface area contributed by atoms with Crippen LogP contribution in [0.5, 0.6) is 0 Å². The van der Waals surface area contributed by atoms with Gasteiger partial charge >= 0.3 is 18.2 Å². The highest BCUT2D eigenvalue weighted by Gasteiger charge is 2.35. The molecule has 0 unspecified atom stereocenters. The lowest BCUT2D eigenvalue weighted by molar-refractivity contribution is -0.154.